The maximum Gasteiger partial charge on any atom is 0.225 e. The lowest BCUT2D eigenvalue weighted by molar-refractivity contribution is 0.423. The molecule has 1 aliphatic carbocycles. The summed E-state index contributed by atoms with van der Waals surface area (Å²) in [6.45, 7) is 12.8. The fourth-order valence-corrected chi connectivity index (χ4v) is 2.28. The zero-order chi connectivity index (χ0) is 14.9. The van der Waals surface area contributed by atoms with E-state index in [9.17, 15) is 0 Å². The van der Waals surface area contributed by atoms with Crippen molar-refractivity contribution in [2.75, 3.05) is 18.5 Å². The molecule has 0 spiro atoms. The third-order valence-electron chi connectivity index (χ3n) is 4.00. The molecule has 0 aromatic carbocycles. The van der Waals surface area contributed by atoms with Gasteiger partial charge in [0.1, 0.15) is 0 Å². The summed E-state index contributed by atoms with van der Waals surface area (Å²) in [5.74, 6) is 2.54. The fraction of sp³-hybridized carbons (Fsp3) is 0.750. The molecule has 1 aromatic heterocycles. The molecule has 112 valence electrons. The van der Waals surface area contributed by atoms with Gasteiger partial charge in [-0.2, -0.15) is 0 Å². The van der Waals surface area contributed by atoms with Crippen molar-refractivity contribution in [3.8, 4) is 0 Å². The zero-order valence-electron chi connectivity index (χ0n) is 13.7. The lowest BCUT2D eigenvalue weighted by Gasteiger charge is -2.22. The molecule has 1 aliphatic rings. The maximum atomic E-state index is 4.65. The average molecular weight is 276 g/mol. The first kappa shape index (κ1) is 15.2. The molecule has 2 unspecified atom stereocenters. The van der Waals surface area contributed by atoms with Crippen LogP contribution in [0.4, 0.5) is 5.95 Å². The molecule has 4 nitrogen and oxygen atoms in total. The smallest absolute Gasteiger partial charge is 0.225 e. The summed E-state index contributed by atoms with van der Waals surface area (Å²) in [6.07, 6.45) is 3.31. The van der Waals surface area contributed by atoms with Crippen molar-refractivity contribution in [3.63, 3.8) is 0 Å². The number of aryl methyl sites for hydroxylation is 1. The molecule has 1 saturated carbocycles. The highest BCUT2D eigenvalue weighted by Gasteiger charge is 2.33. The number of nitrogens with one attached hydrogen (secondary N) is 1. The Morgan fingerprint density at radius 3 is 2.55 bits per heavy atom. The molecule has 0 radical (unpaired) electrons. The minimum Gasteiger partial charge on any atom is -0.344 e. The van der Waals surface area contributed by atoms with Crippen LogP contribution in [0, 0.1) is 18.8 Å². The van der Waals surface area contributed by atoms with Crippen LogP contribution < -0.4 is 10.2 Å². The topological polar surface area (TPSA) is 41.1 Å². The highest BCUT2D eigenvalue weighted by molar-refractivity contribution is 5.32. The molecule has 1 N–H and O–H groups in total. The van der Waals surface area contributed by atoms with Crippen molar-refractivity contribution in [3.05, 3.63) is 17.5 Å². The van der Waals surface area contributed by atoms with Crippen LogP contribution >= 0.6 is 0 Å². The van der Waals surface area contributed by atoms with E-state index in [4.69, 9.17) is 0 Å². The van der Waals surface area contributed by atoms with E-state index in [0.717, 1.165) is 36.6 Å². The van der Waals surface area contributed by atoms with Gasteiger partial charge in [0, 0.05) is 43.1 Å². The number of anilines is 1. The molecule has 1 heterocycles. The molecule has 1 aromatic rings. The lowest BCUT2D eigenvalue weighted by atomic mass is 10.1. The van der Waals surface area contributed by atoms with Crippen LogP contribution in [0.25, 0.3) is 0 Å². The molecule has 0 saturated heterocycles. The normalized spacial score (nSPS) is 21.9. The average Bonchev–Trinajstić information content (AvgIpc) is 3.02. The molecule has 2 atom stereocenters. The van der Waals surface area contributed by atoms with Gasteiger partial charge < -0.3 is 10.2 Å². The van der Waals surface area contributed by atoms with E-state index in [1.807, 2.05) is 6.20 Å². The van der Waals surface area contributed by atoms with Crippen molar-refractivity contribution >= 4 is 5.95 Å². The van der Waals surface area contributed by atoms with Gasteiger partial charge in [-0.25, -0.2) is 9.97 Å². The number of nitrogens with zero attached hydrogens (tertiary/aromatic N) is 3. The minimum atomic E-state index is 0.115. The van der Waals surface area contributed by atoms with Gasteiger partial charge in [-0.1, -0.05) is 6.92 Å². The summed E-state index contributed by atoms with van der Waals surface area (Å²) in [5, 5.41) is 3.48. The summed E-state index contributed by atoms with van der Waals surface area (Å²) in [6, 6.07) is 0. The second-order valence-corrected chi connectivity index (χ2v) is 7.24. The van der Waals surface area contributed by atoms with Crippen molar-refractivity contribution in [1.29, 1.82) is 0 Å². The van der Waals surface area contributed by atoms with Crippen molar-refractivity contribution in [2.45, 2.75) is 53.1 Å². The molecule has 0 bridgehead atoms. The number of rotatable bonds is 5. The Balaban J connectivity index is 1.97. The van der Waals surface area contributed by atoms with Crippen LogP contribution in [-0.2, 0) is 6.54 Å². The Labute approximate surface area is 123 Å². The number of hydrogen-bond acceptors (Lipinski definition) is 4. The van der Waals surface area contributed by atoms with E-state index in [1.54, 1.807) is 0 Å². The highest BCUT2D eigenvalue weighted by Crippen LogP contribution is 2.38. The van der Waals surface area contributed by atoms with Crippen molar-refractivity contribution < 1.29 is 0 Å². The van der Waals surface area contributed by atoms with E-state index in [0.29, 0.717) is 0 Å². The van der Waals surface area contributed by atoms with Gasteiger partial charge in [-0.05, 0) is 46.0 Å². The highest BCUT2D eigenvalue weighted by atomic mass is 15.2. The van der Waals surface area contributed by atoms with Gasteiger partial charge >= 0.3 is 0 Å². The van der Waals surface area contributed by atoms with Crippen LogP contribution in [0.15, 0.2) is 6.20 Å². The van der Waals surface area contributed by atoms with Gasteiger partial charge in [-0.15, -0.1) is 0 Å². The molecular formula is C16H28N4. The van der Waals surface area contributed by atoms with Crippen LogP contribution in [0.5, 0.6) is 0 Å². The Hall–Kier alpha value is -1.16. The van der Waals surface area contributed by atoms with Gasteiger partial charge in [0.2, 0.25) is 5.95 Å². The maximum absolute atomic E-state index is 4.65. The lowest BCUT2D eigenvalue weighted by Crippen LogP contribution is -2.35. The van der Waals surface area contributed by atoms with E-state index in [2.05, 4.69) is 61.9 Å². The molecule has 0 aliphatic heterocycles. The molecule has 2 rings (SSSR count). The predicted octanol–water partition coefficient (Wildman–Crippen LogP) is 2.77. The Bertz CT molecular complexity index is 464. The summed E-state index contributed by atoms with van der Waals surface area (Å²) < 4.78 is 0. The van der Waals surface area contributed by atoms with Crippen LogP contribution in [0.1, 0.15) is 45.4 Å². The SMILES string of the molecule is Cc1nc(N(C)CC2CC2C)ncc1CNC(C)(C)C. The van der Waals surface area contributed by atoms with Gasteiger partial charge in [0.25, 0.3) is 0 Å². The first-order valence-corrected chi connectivity index (χ1v) is 7.55. The zero-order valence-corrected chi connectivity index (χ0v) is 13.7. The first-order chi connectivity index (χ1) is 9.26. The monoisotopic (exact) mass is 276 g/mol. The van der Waals surface area contributed by atoms with E-state index >= 15 is 0 Å². The molecular weight excluding hydrogens is 248 g/mol. The summed E-state index contributed by atoms with van der Waals surface area (Å²) in [7, 11) is 2.09. The Morgan fingerprint density at radius 1 is 1.40 bits per heavy atom. The molecule has 4 heteroatoms. The van der Waals surface area contributed by atoms with E-state index < -0.39 is 0 Å². The molecule has 0 amide bonds. The summed E-state index contributed by atoms with van der Waals surface area (Å²) in [5.41, 5.74) is 2.36. The van der Waals surface area contributed by atoms with Gasteiger partial charge in [0.05, 0.1) is 0 Å². The third-order valence-corrected chi connectivity index (χ3v) is 4.00. The first-order valence-electron chi connectivity index (χ1n) is 7.55. The van der Waals surface area contributed by atoms with Crippen LogP contribution in [0.2, 0.25) is 0 Å². The van der Waals surface area contributed by atoms with Crippen LogP contribution in [0.3, 0.4) is 0 Å². The largest absolute Gasteiger partial charge is 0.344 e. The second kappa shape index (κ2) is 5.68. The summed E-state index contributed by atoms with van der Waals surface area (Å²) >= 11 is 0. The van der Waals surface area contributed by atoms with Gasteiger partial charge in [0.15, 0.2) is 0 Å². The van der Waals surface area contributed by atoms with E-state index in [1.165, 1.54) is 12.0 Å². The second-order valence-electron chi connectivity index (χ2n) is 7.24. The van der Waals surface area contributed by atoms with E-state index in [-0.39, 0.29) is 5.54 Å². The Kier molecular flexibility index (Phi) is 4.33. The Morgan fingerprint density at radius 2 is 2.05 bits per heavy atom. The third kappa shape index (κ3) is 4.17. The van der Waals surface area contributed by atoms with Crippen molar-refractivity contribution in [1.82, 2.24) is 15.3 Å². The van der Waals surface area contributed by atoms with Crippen molar-refractivity contribution in [2.24, 2.45) is 11.8 Å². The summed E-state index contributed by atoms with van der Waals surface area (Å²) in [4.78, 5) is 11.4. The van der Waals surface area contributed by atoms with Gasteiger partial charge in [-0.3, -0.25) is 0 Å². The molecule has 20 heavy (non-hydrogen) atoms. The number of hydrogen-bond donors (Lipinski definition) is 1. The standard InChI is InChI=1S/C16H28N4/c1-11-7-13(11)10-20(6)15-17-8-14(12(2)19-15)9-18-16(3,4)5/h8,11,13,18H,7,9-10H2,1-6H3. The quantitative estimate of drug-likeness (QED) is 0.898. The molecule has 1 fully saturated rings. The van der Waals surface area contributed by atoms with Crippen LogP contribution in [-0.4, -0.2) is 29.1 Å². The number of aromatic nitrogens is 2. The minimum absolute atomic E-state index is 0.115. The fourth-order valence-electron chi connectivity index (χ4n) is 2.28. The predicted molar refractivity (Wildman–Crippen MR) is 83.9 cm³/mol.